The number of rotatable bonds is 7. The van der Waals surface area contributed by atoms with E-state index in [1.54, 1.807) is 4.88 Å². The first-order chi connectivity index (χ1) is 7.38. The number of hydrogen-bond donors (Lipinski definition) is 1. The Hall–Kier alpha value is -0.340. The van der Waals surface area contributed by atoms with Crippen LogP contribution in [0.5, 0.6) is 0 Å². The van der Waals surface area contributed by atoms with Gasteiger partial charge in [-0.3, -0.25) is 0 Å². The van der Waals surface area contributed by atoms with E-state index in [1.807, 2.05) is 11.3 Å². The van der Waals surface area contributed by atoms with Crippen LogP contribution in [0.25, 0.3) is 0 Å². The molecule has 1 aliphatic carbocycles. The highest BCUT2D eigenvalue weighted by atomic mass is 32.1. The highest BCUT2D eigenvalue weighted by molar-refractivity contribution is 7.09. The lowest BCUT2D eigenvalue weighted by atomic mass is 10.00. The van der Waals surface area contributed by atoms with Gasteiger partial charge in [0.15, 0.2) is 0 Å². The van der Waals surface area contributed by atoms with Gasteiger partial charge in [-0.15, -0.1) is 11.3 Å². The van der Waals surface area contributed by atoms with Crippen LogP contribution in [-0.2, 0) is 6.42 Å². The Balaban J connectivity index is 1.65. The van der Waals surface area contributed by atoms with Gasteiger partial charge < -0.3 is 5.32 Å². The molecule has 1 atom stereocenters. The number of hydrogen-bond acceptors (Lipinski definition) is 2. The van der Waals surface area contributed by atoms with Gasteiger partial charge in [0.2, 0.25) is 0 Å². The van der Waals surface area contributed by atoms with Crippen LogP contribution in [0.3, 0.4) is 0 Å². The Labute approximate surface area is 96.9 Å². The zero-order valence-corrected chi connectivity index (χ0v) is 10.4. The standard InChI is InChI=1S/C13H21NS/c1-2-11(10-14-12-6-7-12)5-8-13-4-3-9-15-13/h3-4,9,11-12,14H,2,5-8,10H2,1H3. The average molecular weight is 223 g/mol. The van der Waals surface area contributed by atoms with Crippen LogP contribution in [0.15, 0.2) is 17.5 Å². The van der Waals surface area contributed by atoms with Crippen LogP contribution in [0.2, 0.25) is 0 Å². The summed E-state index contributed by atoms with van der Waals surface area (Å²) in [6, 6.07) is 5.27. The Bertz CT molecular complexity index is 264. The third-order valence-electron chi connectivity index (χ3n) is 3.23. The van der Waals surface area contributed by atoms with Crippen molar-refractivity contribution in [3.63, 3.8) is 0 Å². The van der Waals surface area contributed by atoms with E-state index in [0.29, 0.717) is 0 Å². The first kappa shape index (κ1) is 11.2. The van der Waals surface area contributed by atoms with Gasteiger partial charge in [-0.05, 0) is 49.6 Å². The maximum Gasteiger partial charge on any atom is 0.00683 e. The molecule has 0 amide bonds. The molecule has 2 rings (SSSR count). The van der Waals surface area contributed by atoms with Crippen LogP contribution >= 0.6 is 11.3 Å². The van der Waals surface area contributed by atoms with Crippen molar-refractivity contribution in [2.75, 3.05) is 6.54 Å². The van der Waals surface area contributed by atoms with Crippen molar-refractivity contribution in [2.24, 2.45) is 5.92 Å². The van der Waals surface area contributed by atoms with Crippen LogP contribution < -0.4 is 5.32 Å². The summed E-state index contributed by atoms with van der Waals surface area (Å²) in [6.07, 6.45) is 6.73. The van der Waals surface area contributed by atoms with Gasteiger partial charge >= 0.3 is 0 Å². The van der Waals surface area contributed by atoms with E-state index in [1.165, 1.54) is 38.6 Å². The molecule has 1 fully saturated rings. The lowest BCUT2D eigenvalue weighted by Gasteiger charge is -2.14. The number of thiophene rings is 1. The molecular formula is C13H21NS. The van der Waals surface area contributed by atoms with E-state index in [0.717, 1.165) is 12.0 Å². The van der Waals surface area contributed by atoms with Gasteiger partial charge in [0, 0.05) is 10.9 Å². The maximum absolute atomic E-state index is 3.64. The summed E-state index contributed by atoms with van der Waals surface area (Å²) >= 11 is 1.89. The Morgan fingerprint density at radius 3 is 3.00 bits per heavy atom. The molecule has 84 valence electrons. The molecule has 1 N–H and O–H groups in total. The zero-order valence-electron chi connectivity index (χ0n) is 9.54. The molecule has 1 unspecified atom stereocenters. The molecule has 1 aromatic rings. The van der Waals surface area contributed by atoms with Crippen molar-refractivity contribution in [2.45, 2.75) is 45.1 Å². The molecule has 0 bridgehead atoms. The second kappa shape index (κ2) is 5.66. The van der Waals surface area contributed by atoms with Crippen molar-refractivity contribution in [1.82, 2.24) is 5.32 Å². The second-order valence-corrected chi connectivity index (χ2v) is 5.61. The second-order valence-electron chi connectivity index (χ2n) is 4.57. The highest BCUT2D eigenvalue weighted by Crippen LogP contribution is 2.21. The summed E-state index contributed by atoms with van der Waals surface area (Å²) in [7, 11) is 0. The third kappa shape index (κ3) is 3.96. The summed E-state index contributed by atoms with van der Waals surface area (Å²) in [6.45, 7) is 3.54. The zero-order chi connectivity index (χ0) is 10.5. The first-order valence-corrected chi connectivity index (χ1v) is 7.02. The van der Waals surface area contributed by atoms with Crippen molar-refractivity contribution in [1.29, 1.82) is 0 Å². The molecule has 0 aromatic carbocycles. The van der Waals surface area contributed by atoms with Crippen molar-refractivity contribution < 1.29 is 0 Å². The van der Waals surface area contributed by atoms with Crippen molar-refractivity contribution >= 4 is 11.3 Å². The Morgan fingerprint density at radius 2 is 2.40 bits per heavy atom. The maximum atomic E-state index is 3.64. The van der Waals surface area contributed by atoms with E-state index < -0.39 is 0 Å². The molecule has 1 heterocycles. The quantitative estimate of drug-likeness (QED) is 0.746. The van der Waals surface area contributed by atoms with Crippen LogP contribution in [0, 0.1) is 5.92 Å². The molecule has 0 aliphatic heterocycles. The molecule has 0 saturated heterocycles. The fraction of sp³-hybridized carbons (Fsp3) is 0.692. The fourth-order valence-corrected chi connectivity index (χ4v) is 2.60. The highest BCUT2D eigenvalue weighted by Gasteiger charge is 2.21. The monoisotopic (exact) mass is 223 g/mol. The van der Waals surface area contributed by atoms with Crippen LogP contribution in [0.4, 0.5) is 0 Å². The summed E-state index contributed by atoms with van der Waals surface area (Å²) in [5.74, 6) is 0.868. The van der Waals surface area contributed by atoms with Gasteiger partial charge in [0.05, 0.1) is 0 Å². The van der Waals surface area contributed by atoms with Gasteiger partial charge in [0.1, 0.15) is 0 Å². The Kier molecular flexibility index (Phi) is 4.21. The van der Waals surface area contributed by atoms with Gasteiger partial charge in [-0.2, -0.15) is 0 Å². The molecular weight excluding hydrogens is 202 g/mol. The smallest absolute Gasteiger partial charge is 0.00683 e. The fourth-order valence-electron chi connectivity index (χ4n) is 1.87. The molecule has 0 radical (unpaired) electrons. The minimum absolute atomic E-state index is 0.862. The molecule has 0 spiro atoms. The normalized spacial score (nSPS) is 17.9. The molecule has 1 nitrogen and oxygen atoms in total. The third-order valence-corrected chi connectivity index (χ3v) is 4.17. The van der Waals surface area contributed by atoms with E-state index in [2.05, 4.69) is 29.8 Å². The number of nitrogens with one attached hydrogen (secondary N) is 1. The van der Waals surface area contributed by atoms with E-state index in [-0.39, 0.29) is 0 Å². The largest absolute Gasteiger partial charge is 0.314 e. The van der Waals surface area contributed by atoms with E-state index in [9.17, 15) is 0 Å². The SMILES string of the molecule is CCC(CCc1cccs1)CNC1CC1. The molecule has 1 aromatic heterocycles. The Morgan fingerprint density at radius 1 is 1.53 bits per heavy atom. The predicted molar refractivity (Wildman–Crippen MR) is 67.4 cm³/mol. The summed E-state index contributed by atoms with van der Waals surface area (Å²) in [4.78, 5) is 1.54. The van der Waals surface area contributed by atoms with Crippen molar-refractivity contribution in [3.05, 3.63) is 22.4 Å². The summed E-state index contributed by atoms with van der Waals surface area (Å²) in [5.41, 5.74) is 0. The topological polar surface area (TPSA) is 12.0 Å². The van der Waals surface area contributed by atoms with Gasteiger partial charge in [0.25, 0.3) is 0 Å². The first-order valence-electron chi connectivity index (χ1n) is 6.14. The summed E-state index contributed by atoms with van der Waals surface area (Å²) < 4.78 is 0. The van der Waals surface area contributed by atoms with E-state index >= 15 is 0 Å². The van der Waals surface area contributed by atoms with Crippen LogP contribution in [-0.4, -0.2) is 12.6 Å². The molecule has 1 aliphatic rings. The minimum Gasteiger partial charge on any atom is -0.314 e. The molecule has 1 saturated carbocycles. The van der Waals surface area contributed by atoms with E-state index in [4.69, 9.17) is 0 Å². The lowest BCUT2D eigenvalue weighted by Crippen LogP contribution is -2.24. The minimum atomic E-state index is 0.862. The predicted octanol–water partition coefficient (Wildman–Crippen LogP) is 3.46. The van der Waals surface area contributed by atoms with Gasteiger partial charge in [-0.1, -0.05) is 19.4 Å². The van der Waals surface area contributed by atoms with Gasteiger partial charge in [-0.25, -0.2) is 0 Å². The lowest BCUT2D eigenvalue weighted by molar-refractivity contribution is 0.433. The van der Waals surface area contributed by atoms with Crippen LogP contribution in [0.1, 0.15) is 37.5 Å². The molecule has 2 heteroatoms. The number of aryl methyl sites for hydroxylation is 1. The summed E-state index contributed by atoms with van der Waals surface area (Å²) in [5, 5.41) is 5.82. The average Bonchev–Trinajstić information content (AvgIpc) is 2.94. The molecule has 15 heavy (non-hydrogen) atoms. The van der Waals surface area contributed by atoms with Crippen molar-refractivity contribution in [3.8, 4) is 0 Å².